The number of amides is 1. The molecular formula is C8H11F2N5O3. The number of nitrogens with zero attached hydrogens (tertiary/aromatic N) is 4. The van der Waals surface area contributed by atoms with E-state index in [2.05, 4.69) is 10.1 Å². The lowest BCUT2D eigenvalue weighted by Crippen LogP contribution is -2.43. The Hall–Kier alpha value is -2.13. The Labute approximate surface area is 100 Å². The summed E-state index contributed by atoms with van der Waals surface area (Å²) in [5.41, 5.74) is 0. The molecule has 0 saturated carbocycles. The molecule has 0 aliphatic carbocycles. The van der Waals surface area contributed by atoms with Gasteiger partial charge in [-0.1, -0.05) is 11.9 Å². The summed E-state index contributed by atoms with van der Waals surface area (Å²) < 4.78 is 27.3. The molecule has 18 heavy (non-hydrogen) atoms. The van der Waals surface area contributed by atoms with Crippen LogP contribution in [0.1, 0.15) is 13.3 Å². The molecule has 0 atom stereocenters. The summed E-state index contributed by atoms with van der Waals surface area (Å²) in [5, 5.41) is 15.5. The molecule has 1 aromatic rings. The molecule has 0 saturated heterocycles. The maximum atomic E-state index is 13.4. The van der Waals surface area contributed by atoms with Gasteiger partial charge in [0.05, 0.1) is 0 Å². The van der Waals surface area contributed by atoms with Crippen LogP contribution < -0.4 is 5.32 Å². The largest absolute Gasteiger partial charge is 0.490 e. The molecule has 0 spiro atoms. The predicted molar refractivity (Wildman–Crippen MR) is 54.9 cm³/mol. The quantitative estimate of drug-likeness (QED) is 0.589. The van der Waals surface area contributed by atoms with E-state index in [1.54, 1.807) is 6.92 Å². The molecule has 0 unspecified atom stereocenters. The van der Waals surface area contributed by atoms with E-state index in [1.807, 2.05) is 5.32 Å². The maximum absolute atomic E-state index is 13.4. The van der Waals surface area contributed by atoms with Gasteiger partial charge in [0.2, 0.25) is 6.33 Å². The highest BCUT2D eigenvalue weighted by atomic mass is 19.3. The summed E-state index contributed by atoms with van der Waals surface area (Å²) in [6.45, 7) is 0.758. The molecule has 0 radical (unpaired) electrons. The number of hydrogen-bond acceptors (Lipinski definition) is 5. The van der Waals surface area contributed by atoms with Crippen molar-refractivity contribution in [2.24, 2.45) is 0 Å². The Morgan fingerprint density at radius 1 is 1.67 bits per heavy atom. The monoisotopic (exact) mass is 263 g/mol. The van der Waals surface area contributed by atoms with Crippen LogP contribution in [0.15, 0.2) is 6.33 Å². The minimum absolute atomic E-state index is 0.131. The zero-order valence-electron chi connectivity index (χ0n) is 9.47. The Balaban J connectivity index is 2.68. The first-order valence-electron chi connectivity index (χ1n) is 5.06. The van der Waals surface area contributed by atoms with Gasteiger partial charge in [-0.05, 0) is 11.3 Å². The first-order chi connectivity index (χ1) is 8.36. The molecular weight excluding hydrogens is 252 g/mol. The lowest BCUT2D eigenvalue weighted by Gasteiger charge is -2.13. The fourth-order valence-electron chi connectivity index (χ4n) is 1.09. The van der Waals surface area contributed by atoms with Gasteiger partial charge in [-0.2, -0.15) is 13.5 Å². The van der Waals surface area contributed by atoms with Crippen LogP contribution in [0, 0.1) is 10.1 Å². The van der Waals surface area contributed by atoms with E-state index in [1.165, 1.54) is 0 Å². The van der Waals surface area contributed by atoms with Gasteiger partial charge in [-0.25, -0.2) is 0 Å². The Morgan fingerprint density at radius 2 is 2.33 bits per heavy atom. The first-order valence-corrected chi connectivity index (χ1v) is 5.06. The summed E-state index contributed by atoms with van der Waals surface area (Å²) in [6, 6.07) is 0. The SMILES string of the molecule is CCCNC(=O)C(F)(F)Cn1cnc([N+](=O)[O-])n1. The first kappa shape index (κ1) is 13.9. The van der Waals surface area contributed by atoms with Crippen molar-refractivity contribution in [1.29, 1.82) is 0 Å². The van der Waals surface area contributed by atoms with E-state index < -0.39 is 29.2 Å². The third-order valence-electron chi connectivity index (χ3n) is 1.92. The van der Waals surface area contributed by atoms with E-state index in [-0.39, 0.29) is 6.54 Å². The second-order valence-corrected chi connectivity index (χ2v) is 3.46. The van der Waals surface area contributed by atoms with Crippen molar-refractivity contribution < 1.29 is 18.5 Å². The molecule has 10 heteroatoms. The summed E-state index contributed by atoms with van der Waals surface area (Å²) >= 11 is 0. The number of nitrogens with one attached hydrogen (secondary N) is 1. The van der Waals surface area contributed by atoms with Crippen molar-refractivity contribution in [3.8, 4) is 0 Å². The fourth-order valence-corrected chi connectivity index (χ4v) is 1.09. The van der Waals surface area contributed by atoms with Gasteiger partial charge in [0.1, 0.15) is 6.54 Å². The topological polar surface area (TPSA) is 103 Å². The summed E-state index contributed by atoms with van der Waals surface area (Å²) in [4.78, 5) is 23.7. The van der Waals surface area contributed by atoms with Crippen LogP contribution in [-0.2, 0) is 11.3 Å². The van der Waals surface area contributed by atoms with Gasteiger partial charge < -0.3 is 15.4 Å². The molecule has 0 bridgehead atoms. The summed E-state index contributed by atoms with van der Waals surface area (Å²) in [5.74, 6) is -5.93. The minimum Gasteiger partial charge on any atom is -0.390 e. The van der Waals surface area contributed by atoms with E-state index in [4.69, 9.17) is 0 Å². The lowest BCUT2D eigenvalue weighted by molar-refractivity contribution is -0.394. The summed E-state index contributed by atoms with van der Waals surface area (Å²) in [6.07, 6.45) is 1.30. The Bertz CT molecular complexity index is 448. The third-order valence-corrected chi connectivity index (χ3v) is 1.92. The maximum Gasteiger partial charge on any atom is 0.490 e. The van der Waals surface area contributed by atoms with Crippen molar-refractivity contribution in [3.63, 3.8) is 0 Å². The van der Waals surface area contributed by atoms with E-state index in [0.29, 0.717) is 11.1 Å². The number of alkyl halides is 2. The molecule has 0 fully saturated rings. The van der Waals surface area contributed by atoms with Gasteiger partial charge in [-0.3, -0.25) is 4.79 Å². The average Bonchev–Trinajstić information content (AvgIpc) is 2.73. The third kappa shape index (κ3) is 3.43. The van der Waals surface area contributed by atoms with Gasteiger partial charge >= 0.3 is 11.9 Å². The normalized spacial score (nSPS) is 11.3. The molecule has 0 aliphatic rings. The molecule has 1 amide bonds. The van der Waals surface area contributed by atoms with E-state index in [9.17, 15) is 23.7 Å². The van der Waals surface area contributed by atoms with Crippen molar-refractivity contribution in [2.75, 3.05) is 6.54 Å². The average molecular weight is 263 g/mol. The molecule has 0 aliphatic heterocycles. The minimum atomic E-state index is -3.70. The van der Waals surface area contributed by atoms with Crippen LogP contribution in [-0.4, -0.2) is 38.1 Å². The van der Waals surface area contributed by atoms with Crippen molar-refractivity contribution in [3.05, 3.63) is 16.4 Å². The smallest absolute Gasteiger partial charge is 0.390 e. The molecule has 1 aromatic heterocycles. The van der Waals surface area contributed by atoms with Crippen LogP contribution in [0.3, 0.4) is 0 Å². The van der Waals surface area contributed by atoms with Crippen LogP contribution in [0.2, 0.25) is 0 Å². The van der Waals surface area contributed by atoms with Gasteiger partial charge in [0.15, 0.2) is 0 Å². The number of rotatable bonds is 6. The molecule has 0 aromatic carbocycles. The van der Waals surface area contributed by atoms with Crippen molar-refractivity contribution in [2.45, 2.75) is 25.8 Å². The van der Waals surface area contributed by atoms with Crippen LogP contribution in [0.4, 0.5) is 14.7 Å². The van der Waals surface area contributed by atoms with Crippen LogP contribution in [0.25, 0.3) is 0 Å². The second kappa shape index (κ2) is 5.47. The van der Waals surface area contributed by atoms with E-state index in [0.717, 1.165) is 6.33 Å². The molecule has 8 nitrogen and oxygen atoms in total. The Morgan fingerprint density at radius 3 is 2.83 bits per heavy atom. The molecule has 1 heterocycles. The zero-order valence-corrected chi connectivity index (χ0v) is 9.47. The van der Waals surface area contributed by atoms with Crippen molar-refractivity contribution in [1.82, 2.24) is 20.1 Å². The fraction of sp³-hybridized carbons (Fsp3) is 0.625. The van der Waals surface area contributed by atoms with Crippen molar-refractivity contribution >= 4 is 11.9 Å². The zero-order chi connectivity index (χ0) is 13.8. The summed E-state index contributed by atoms with van der Waals surface area (Å²) in [7, 11) is 0. The van der Waals surface area contributed by atoms with Gasteiger partial charge in [-0.15, -0.1) is 0 Å². The number of carbonyl (C=O) groups excluding carboxylic acids is 1. The standard InChI is InChI=1S/C8H11F2N5O3/c1-2-3-11-6(16)8(9,10)4-14-5-12-7(13-14)15(17)18/h5H,2-4H2,1H3,(H,11,16). The lowest BCUT2D eigenvalue weighted by atomic mass is 10.3. The second-order valence-electron chi connectivity index (χ2n) is 3.46. The van der Waals surface area contributed by atoms with Gasteiger partial charge in [0, 0.05) is 11.6 Å². The highest BCUT2D eigenvalue weighted by Crippen LogP contribution is 2.16. The van der Waals surface area contributed by atoms with Gasteiger partial charge in [0.25, 0.3) is 5.91 Å². The number of nitro groups is 1. The molecule has 1 N–H and O–H groups in total. The number of hydrogen-bond donors (Lipinski definition) is 1. The predicted octanol–water partition coefficient (Wildman–Crippen LogP) is 0.348. The number of aromatic nitrogens is 3. The molecule has 1 rings (SSSR count). The highest BCUT2D eigenvalue weighted by molar-refractivity contribution is 5.83. The number of carbonyl (C=O) groups is 1. The van der Waals surface area contributed by atoms with Crippen LogP contribution >= 0.6 is 0 Å². The molecule has 100 valence electrons. The highest BCUT2D eigenvalue weighted by Gasteiger charge is 2.40. The van der Waals surface area contributed by atoms with E-state index >= 15 is 0 Å². The number of halogens is 2. The van der Waals surface area contributed by atoms with Crippen LogP contribution in [0.5, 0.6) is 0 Å². The Kier molecular flexibility index (Phi) is 4.23.